The quantitative estimate of drug-likeness (QED) is 0.178. The second-order valence-corrected chi connectivity index (χ2v) is 31.8. The Kier molecular flexibility index (Phi) is 12.7. The summed E-state index contributed by atoms with van der Waals surface area (Å²) in [5.41, 5.74) is 0. The normalized spacial score (nSPS) is 30.0. The number of halogens is 1. The van der Waals surface area contributed by atoms with Crippen LogP contribution < -0.4 is 0 Å². The molecule has 0 saturated carbocycles. The Labute approximate surface area is 269 Å². The molecule has 2 heterocycles. The maximum atomic E-state index is 9.74. The van der Waals surface area contributed by atoms with Crippen LogP contribution in [0.4, 0.5) is 0 Å². The number of aliphatic hydroxyl groups excluding tert-OH is 1. The minimum atomic E-state index is -2.26. The van der Waals surface area contributed by atoms with Gasteiger partial charge < -0.3 is 27.9 Å². The van der Waals surface area contributed by atoms with Crippen molar-refractivity contribution in [1.29, 1.82) is 0 Å². The third-order valence-electron chi connectivity index (χ3n) is 10.5. The maximum Gasteiger partial charge on any atom is 0.193 e. The van der Waals surface area contributed by atoms with Gasteiger partial charge in [0.15, 0.2) is 25.0 Å². The molecular formula is C31H63IO6Si3. The molecule has 41 heavy (non-hydrogen) atoms. The molecule has 0 bridgehead atoms. The zero-order chi connectivity index (χ0) is 31.8. The van der Waals surface area contributed by atoms with E-state index >= 15 is 0 Å². The summed E-state index contributed by atoms with van der Waals surface area (Å²) in [4.78, 5) is 0. The van der Waals surface area contributed by atoms with Gasteiger partial charge in [0.1, 0.15) is 24.4 Å². The first-order valence-electron chi connectivity index (χ1n) is 15.6. The third-order valence-corrected chi connectivity index (χ3v) is 24.4. The maximum absolute atomic E-state index is 9.74. The van der Waals surface area contributed by atoms with Gasteiger partial charge in [-0.1, -0.05) is 84.9 Å². The highest BCUT2D eigenvalue weighted by Gasteiger charge is 2.57. The number of hydrogen-bond acceptors (Lipinski definition) is 6. The van der Waals surface area contributed by atoms with Crippen molar-refractivity contribution in [3.05, 3.63) is 10.2 Å². The molecule has 1 N–H and O–H groups in total. The molecule has 2 aliphatic rings. The summed E-state index contributed by atoms with van der Waals surface area (Å²) < 4.78 is 37.8. The van der Waals surface area contributed by atoms with E-state index in [9.17, 15) is 5.11 Å². The molecule has 0 aromatic rings. The average Bonchev–Trinajstić information content (AvgIpc) is 2.78. The van der Waals surface area contributed by atoms with Crippen LogP contribution in [-0.2, 0) is 22.8 Å². The van der Waals surface area contributed by atoms with Crippen molar-refractivity contribution < 1.29 is 27.9 Å². The highest BCUT2D eigenvalue weighted by molar-refractivity contribution is 14.1. The van der Waals surface area contributed by atoms with Gasteiger partial charge in [0.25, 0.3) is 0 Å². The predicted octanol–water partition coefficient (Wildman–Crippen LogP) is 8.80. The second-order valence-electron chi connectivity index (χ2n) is 16.8. The number of aliphatic hydroxyl groups is 1. The fourth-order valence-electron chi connectivity index (χ4n) is 4.71. The van der Waals surface area contributed by atoms with Gasteiger partial charge in [-0.15, -0.1) is 0 Å². The van der Waals surface area contributed by atoms with Crippen LogP contribution in [0.15, 0.2) is 10.2 Å². The molecule has 0 aromatic carbocycles. The summed E-state index contributed by atoms with van der Waals surface area (Å²) in [6, 6.07) is 0. The van der Waals surface area contributed by atoms with E-state index in [4.69, 9.17) is 22.8 Å². The first kappa shape index (κ1) is 38.1. The van der Waals surface area contributed by atoms with Gasteiger partial charge in [0.05, 0.1) is 18.3 Å². The topological polar surface area (TPSA) is 66.4 Å². The van der Waals surface area contributed by atoms with Crippen molar-refractivity contribution in [2.24, 2.45) is 0 Å². The Morgan fingerprint density at radius 2 is 1.27 bits per heavy atom. The molecule has 2 aliphatic heterocycles. The molecule has 0 aliphatic carbocycles. The van der Waals surface area contributed by atoms with Crippen molar-refractivity contribution >= 4 is 47.5 Å². The molecular weight excluding hydrogens is 679 g/mol. The molecule has 10 heteroatoms. The Balaban J connectivity index is 2.72. The fourth-order valence-corrected chi connectivity index (χ4v) is 8.97. The Bertz CT molecular complexity index is 875. The lowest BCUT2D eigenvalue weighted by atomic mass is 9.87. The van der Waals surface area contributed by atoms with E-state index in [2.05, 4.69) is 134 Å². The Morgan fingerprint density at radius 1 is 0.780 bits per heavy atom. The summed E-state index contributed by atoms with van der Waals surface area (Å²) in [7, 11) is -6.64. The summed E-state index contributed by atoms with van der Waals surface area (Å²) in [5, 5.41) is 9.83. The van der Waals surface area contributed by atoms with E-state index in [1.54, 1.807) is 0 Å². The molecule has 2 saturated heterocycles. The van der Waals surface area contributed by atoms with Crippen LogP contribution in [0.2, 0.25) is 54.4 Å². The average molecular weight is 743 g/mol. The smallest absolute Gasteiger partial charge is 0.193 e. The minimum Gasteiger partial charge on any atom is -0.408 e. The Hall–Kier alpha value is 0.881. The Morgan fingerprint density at radius 3 is 1.71 bits per heavy atom. The van der Waals surface area contributed by atoms with Crippen molar-refractivity contribution in [3.63, 3.8) is 0 Å². The summed E-state index contributed by atoms with van der Waals surface area (Å²) >= 11 is 2.30. The van der Waals surface area contributed by atoms with E-state index in [0.29, 0.717) is 6.42 Å². The predicted molar refractivity (Wildman–Crippen MR) is 188 cm³/mol. The van der Waals surface area contributed by atoms with Gasteiger partial charge in [-0.2, -0.15) is 0 Å². The first-order valence-corrected chi connectivity index (χ1v) is 25.6. The lowest BCUT2D eigenvalue weighted by molar-refractivity contribution is -0.267. The van der Waals surface area contributed by atoms with Crippen molar-refractivity contribution in [2.75, 3.05) is 6.61 Å². The van der Waals surface area contributed by atoms with Crippen LogP contribution in [-0.4, -0.2) is 79.4 Å². The fraction of sp³-hybridized carbons (Fsp3) is 0.935. The number of hydrogen-bond donors (Lipinski definition) is 1. The third kappa shape index (κ3) is 9.22. The van der Waals surface area contributed by atoms with Gasteiger partial charge in [0.2, 0.25) is 0 Å². The minimum absolute atomic E-state index is 0.00560. The second kappa shape index (κ2) is 13.7. The molecule has 0 amide bonds. The van der Waals surface area contributed by atoms with Crippen LogP contribution in [0, 0.1) is 0 Å². The standard InChI is InChI=1S/C31H63IO6Si3/c1-29(2,3)39(10,11)36-24(18-20-32)26-28(38-41(14,15)31(7,8)9)27(37-40(12,13)30(4,5)6)25-23(35-26)17-16-22(34-25)19-21-33/h18,20,22-28,33H,16-17,19,21H2,1-15H3/b20-18+/t22-,23+,24+,25+,26?,27+,28-/m1/s1. The zero-order valence-corrected chi connectivity index (χ0v) is 34.0. The molecule has 0 radical (unpaired) electrons. The van der Waals surface area contributed by atoms with E-state index in [1.807, 2.05) is 0 Å². The van der Waals surface area contributed by atoms with E-state index in [-0.39, 0.29) is 64.4 Å². The SMILES string of the molecule is CC(C)(C)[Si](C)(C)O[C@H]1[C@H]2O[C@@H](CCO)CC[C@@H]2OC([C@H](/C=C/I)O[Si](C)(C)C(C)(C)C)[C@H]1O[Si](C)(C)C(C)(C)C. The van der Waals surface area contributed by atoms with Crippen molar-refractivity contribution in [3.8, 4) is 0 Å². The molecule has 2 fully saturated rings. The summed E-state index contributed by atoms with van der Waals surface area (Å²) in [6.45, 7) is 34.6. The zero-order valence-electron chi connectivity index (χ0n) is 28.9. The van der Waals surface area contributed by atoms with Gasteiger partial charge >= 0.3 is 0 Å². The van der Waals surface area contributed by atoms with Gasteiger partial charge in [-0.05, 0) is 83.8 Å². The molecule has 1 unspecified atom stereocenters. The van der Waals surface area contributed by atoms with Crippen LogP contribution in [0.5, 0.6) is 0 Å². The summed E-state index contributed by atoms with van der Waals surface area (Å²) in [6.07, 6.45) is 2.94. The molecule has 0 aromatic heterocycles. The highest BCUT2D eigenvalue weighted by Crippen LogP contribution is 2.47. The number of ether oxygens (including phenoxy) is 2. The van der Waals surface area contributed by atoms with Crippen LogP contribution in [0.25, 0.3) is 0 Å². The molecule has 242 valence electrons. The van der Waals surface area contributed by atoms with E-state index < -0.39 is 25.0 Å². The lowest BCUT2D eigenvalue weighted by Gasteiger charge is -2.56. The monoisotopic (exact) mass is 742 g/mol. The van der Waals surface area contributed by atoms with Gasteiger partial charge in [-0.3, -0.25) is 0 Å². The first-order chi connectivity index (χ1) is 18.4. The highest BCUT2D eigenvalue weighted by atomic mass is 127. The van der Waals surface area contributed by atoms with E-state index in [0.717, 1.165) is 12.8 Å². The van der Waals surface area contributed by atoms with Gasteiger partial charge in [-0.25, -0.2) is 0 Å². The van der Waals surface area contributed by atoms with Crippen LogP contribution >= 0.6 is 22.6 Å². The van der Waals surface area contributed by atoms with Gasteiger partial charge in [0, 0.05) is 6.61 Å². The molecule has 2 rings (SSSR count). The van der Waals surface area contributed by atoms with Crippen LogP contribution in [0.1, 0.15) is 81.6 Å². The lowest BCUT2D eigenvalue weighted by Crippen LogP contribution is -2.69. The largest absolute Gasteiger partial charge is 0.408 e. The molecule has 0 spiro atoms. The number of fused-ring (bicyclic) bond motifs is 1. The summed E-state index contributed by atoms with van der Waals surface area (Å²) in [5.74, 6) is 0. The van der Waals surface area contributed by atoms with Crippen LogP contribution in [0.3, 0.4) is 0 Å². The molecule has 7 atom stereocenters. The van der Waals surface area contributed by atoms with Crippen molar-refractivity contribution in [1.82, 2.24) is 0 Å². The molecule has 6 nitrogen and oxygen atoms in total. The van der Waals surface area contributed by atoms with Crippen molar-refractivity contribution in [2.45, 2.75) is 179 Å². The number of rotatable bonds is 10. The van der Waals surface area contributed by atoms with E-state index in [1.165, 1.54) is 0 Å².